The van der Waals surface area contributed by atoms with Gasteiger partial charge in [-0.25, -0.2) is 0 Å². The molecule has 0 radical (unpaired) electrons. The smallest absolute Gasteiger partial charge is 0.158 e. The van der Waals surface area contributed by atoms with Crippen molar-refractivity contribution in [2.24, 2.45) is 11.8 Å². The Kier molecular flexibility index (Phi) is 9.53. The molecule has 0 amide bonds. The van der Waals surface area contributed by atoms with Gasteiger partial charge in [0.2, 0.25) is 0 Å². The molecule has 2 unspecified atom stereocenters. The van der Waals surface area contributed by atoms with Gasteiger partial charge in [0.25, 0.3) is 0 Å². The van der Waals surface area contributed by atoms with Crippen LogP contribution in [-0.4, -0.2) is 11.6 Å². The molecule has 0 heterocycles. The summed E-state index contributed by atoms with van der Waals surface area (Å²) < 4.78 is 0. The predicted octanol–water partition coefficient (Wildman–Crippen LogP) is 4.33. The third-order valence-corrected chi connectivity index (χ3v) is 3.48. The van der Waals surface area contributed by atoms with E-state index in [2.05, 4.69) is 13.8 Å². The lowest BCUT2D eigenvalue weighted by Crippen LogP contribution is -2.14. The van der Waals surface area contributed by atoms with Crippen LogP contribution < -0.4 is 0 Å². The quantitative estimate of drug-likeness (QED) is 0.542. The van der Waals surface area contributed by atoms with E-state index in [4.69, 9.17) is 0 Å². The molecule has 0 bridgehead atoms. The molecule has 0 N–H and O–H groups in total. The summed E-state index contributed by atoms with van der Waals surface area (Å²) in [4.78, 5) is 23.8. The predicted molar refractivity (Wildman–Crippen MR) is 76.5 cm³/mol. The van der Waals surface area contributed by atoms with Gasteiger partial charge in [-0.3, -0.25) is 9.59 Å². The Balaban J connectivity index is 4.43. The summed E-state index contributed by atoms with van der Waals surface area (Å²) in [5, 5.41) is 0. The summed E-state index contributed by atoms with van der Waals surface area (Å²) in [5.41, 5.74) is 0. The number of carbonyl (C=O) groups excluding carboxylic acids is 2. The third kappa shape index (κ3) is 6.13. The van der Waals surface area contributed by atoms with Crippen molar-refractivity contribution < 1.29 is 9.59 Å². The van der Waals surface area contributed by atoms with Gasteiger partial charge in [-0.2, -0.15) is 0 Å². The summed E-state index contributed by atoms with van der Waals surface area (Å²) >= 11 is 0. The summed E-state index contributed by atoms with van der Waals surface area (Å²) in [6, 6.07) is 0. The van der Waals surface area contributed by atoms with Gasteiger partial charge in [0.1, 0.15) is 0 Å². The first-order chi connectivity index (χ1) is 8.60. The Bertz CT molecular complexity index is 251. The number of allylic oxidation sites excluding steroid dienone is 2. The maximum Gasteiger partial charge on any atom is 0.158 e. The first-order valence-corrected chi connectivity index (χ1v) is 7.36. The van der Waals surface area contributed by atoms with Crippen LogP contribution in [0.5, 0.6) is 0 Å². The summed E-state index contributed by atoms with van der Waals surface area (Å²) in [5.74, 6) is 0.397. The lowest BCUT2D eigenvalue weighted by Gasteiger charge is -2.11. The van der Waals surface area contributed by atoms with Crippen LogP contribution in [0.15, 0.2) is 12.2 Å². The van der Waals surface area contributed by atoms with Gasteiger partial charge in [0, 0.05) is 11.8 Å². The standard InChI is InChI=1S/C16H28O2/c1-5-9-13(7-3)15(17)11-12-16(18)14(8-4)10-6-2/h11-14H,5-10H2,1-4H3/b12-11+. The van der Waals surface area contributed by atoms with Crippen molar-refractivity contribution in [1.29, 1.82) is 0 Å². The molecule has 2 nitrogen and oxygen atoms in total. The second-order valence-electron chi connectivity index (χ2n) is 4.93. The second kappa shape index (κ2) is 10.0. The van der Waals surface area contributed by atoms with E-state index in [9.17, 15) is 9.59 Å². The fourth-order valence-corrected chi connectivity index (χ4v) is 2.23. The van der Waals surface area contributed by atoms with Crippen molar-refractivity contribution >= 4 is 11.6 Å². The molecule has 0 fully saturated rings. The highest BCUT2D eigenvalue weighted by Crippen LogP contribution is 2.15. The van der Waals surface area contributed by atoms with Crippen molar-refractivity contribution in [3.63, 3.8) is 0 Å². The number of ketones is 2. The van der Waals surface area contributed by atoms with Gasteiger partial charge >= 0.3 is 0 Å². The Hall–Kier alpha value is -0.920. The summed E-state index contributed by atoms with van der Waals surface area (Å²) in [6.45, 7) is 8.22. The molecule has 0 aromatic rings. The number of hydrogen-bond acceptors (Lipinski definition) is 2. The Labute approximate surface area is 112 Å². The van der Waals surface area contributed by atoms with E-state index in [1.807, 2.05) is 13.8 Å². The monoisotopic (exact) mass is 252 g/mol. The van der Waals surface area contributed by atoms with Crippen molar-refractivity contribution in [3.05, 3.63) is 12.2 Å². The maximum atomic E-state index is 11.9. The molecule has 18 heavy (non-hydrogen) atoms. The Morgan fingerprint density at radius 3 is 1.33 bits per heavy atom. The largest absolute Gasteiger partial charge is 0.295 e. The van der Waals surface area contributed by atoms with Crippen molar-refractivity contribution in [2.75, 3.05) is 0 Å². The average Bonchev–Trinajstić information content (AvgIpc) is 2.38. The highest BCUT2D eigenvalue weighted by molar-refractivity contribution is 6.00. The minimum absolute atomic E-state index is 0.0882. The molecule has 0 aromatic carbocycles. The van der Waals surface area contributed by atoms with Crippen molar-refractivity contribution in [1.82, 2.24) is 0 Å². The molecule has 104 valence electrons. The molecule has 2 atom stereocenters. The highest BCUT2D eigenvalue weighted by Gasteiger charge is 2.15. The zero-order chi connectivity index (χ0) is 14.0. The second-order valence-corrected chi connectivity index (χ2v) is 4.93. The van der Waals surface area contributed by atoms with Crippen molar-refractivity contribution in [3.8, 4) is 0 Å². The molecule has 0 rings (SSSR count). The minimum Gasteiger partial charge on any atom is -0.295 e. The van der Waals surface area contributed by atoms with E-state index in [1.165, 1.54) is 12.2 Å². The fourth-order valence-electron chi connectivity index (χ4n) is 2.23. The van der Waals surface area contributed by atoms with Gasteiger partial charge in [0.05, 0.1) is 0 Å². The molecular formula is C16H28O2. The normalized spacial score (nSPS) is 14.7. The molecule has 0 aliphatic heterocycles. The van der Waals surface area contributed by atoms with Gasteiger partial charge in [-0.05, 0) is 37.8 Å². The van der Waals surface area contributed by atoms with E-state index in [1.54, 1.807) is 0 Å². The molecule has 0 aliphatic carbocycles. The molecule has 0 aromatic heterocycles. The van der Waals surface area contributed by atoms with E-state index in [0.717, 1.165) is 38.5 Å². The van der Waals surface area contributed by atoms with Crippen LogP contribution in [0.1, 0.15) is 66.2 Å². The van der Waals surface area contributed by atoms with Gasteiger partial charge in [0.15, 0.2) is 11.6 Å². The van der Waals surface area contributed by atoms with E-state index < -0.39 is 0 Å². The number of carbonyl (C=O) groups is 2. The topological polar surface area (TPSA) is 34.1 Å². The maximum absolute atomic E-state index is 11.9. The minimum atomic E-state index is 0.0882. The molecule has 0 spiro atoms. The number of hydrogen-bond donors (Lipinski definition) is 0. The average molecular weight is 252 g/mol. The van der Waals surface area contributed by atoms with Crippen LogP contribution in [-0.2, 0) is 9.59 Å². The van der Waals surface area contributed by atoms with Crippen LogP contribution in [0, 0.1) is 11.8 Å². The lowest BCUT2D eigenvalue weighted by molar-refractivity contribution is -0.120. The zero-order valence-corrected chi connectivity index (χ0v) is 12.4. The molecule has 2 heteroatoms. The van der Waals surface area contributed by atoms with E-state index in [-0.39, 0.29) is 23.4 Å². The lowest BCUT2D eigenvalue weighted by atomic mass is 9.93. The third-order valence-electron chi connectivity index (χ3n) is 3.48. The van der Waals surface area contributed by atoms with Crippen LogP contribution in [0.3, 0.4) is 0 Å². The van der Waals surface area contributed by atoms with E-state index >= 15 is 0 Å². The Morgan fingerprint density at radius 1 is 0.778 bits per heavy atom. The summed E-state index contributed by atoms with van der Waals surface area (Å²) in [7, 11) is 0. The van der Waals surface area contributed by atoms with Gasteiger partial charge in [-0.15, -0.1) is 0 Å². The SMILES string of the molecule is CCCC(CC)C(=O)/C=C/C(=O)C(CC)CCC. The van der Waals surface area contributed by atoms with Crippen LogP contribution >= 0.6 is 0 Å². The summed E-state index contributed by atoms with van der Waals surface area (Å²) in [6.07, 6.45) is 8.59. The fraction of sp³-hybridized carbons (Fsp3) is 0.750. The van der Waals surface area contributed by atoms with Crippen molar-refractivity contribution in [2.45, 2.75) is 66.2 Å². The zero-order valence-electron chi connectivity index (χ0n) is 12.4. The molecule has 0 saturated carbocycles. The van der Waals surface area contributed by atoms with Gasteiger partial charge < -0.3 is 0 Å². The molecular weight excluding hydrogens is 224 g/mol. The van der Waals surface area contributed by atoms with Crippen LogP contribution in [0.25, 0.3) is 0 Å². The van der Waals surface area contributed by atoms with E-state index in [0.29, 0.717) is 0 Å². The number of rotatable bonds is 10. The highest BCUT2D eigenvalue weighted by atomic mass is 16.1. The van der Waals surface area contributed by atoms with Gasteiger partial charge in [-0.1, -0.05) is 40.5 Å². The first-order valence-electron chi connectivity index (χ1n) is 7.36. The van der Waals surface area contributed by atoms with Crippen LogP contribution in [0.2, 0.25) is 0 Å². The van der Waals surface area contributed by atoms with Crippen LogP contribution in [0.4, 0.5) is 0 Å². The molecule has 0 aliphatic rings. The molecule has 0 saturated heterocycles. The first kappa shape index (κ1) is 17.1. The Morgan fingerprint density at radius 2 is 1.11 bits per heavy atom.